The monoisotopic (exact) mass is 243 g/mol. The molecule has 0 radical (unpaired) electrons. The molecule has 0 aliphatic rings. The first kappa shape index (κ1) is 13.2. The Hall–Kier alpha value is -0.870. The molecule has 0 fully saturated rings. The molecule has 0 spiro atoms. The van der Waals surface area contributed by atoms with Crippen LogP contribution in [0.1, 0.15) is 25.0 Å². The van der Waals surface area contributed by atoms with Gasteiger partial charge in [0.1, 0.15) is 0 Å². The number of aliphatic hydroxyl groups excluding tert-OH is 1. The lowest BCUT2D eigenvalue weighted by Gasteiger charge is -2.21. The molecule has 0 saturated carbocycles. The first-order valence-corrected chi connectivity index (χ1v) is 5.72. The Kier molecular flexibility index (Phi) is 4.50. The van der Waals surface area contributed by atoms with Crippen LogP contribution in [0.15, 0.2) is 0 Å². The van der Waals surface area contributed by atoms with Gasteiger partial charge in [0.2, 0.25) is 0 Å². The van der Waals surface area contributed by atoms with E-state index in [1.165, 1.54) is 0 Å². The predicted molar refractivity (Wildman–Crippen MR) is 65.9 cm³/mol. The van der Waals surface area contributed by atoms with Gasteiger partial charge in [-0.25, -0.2) is 0 Å². The Morgan fingerprint density at radius 2 is 1.88 bits per heavy atom. The van der Waals surface area contributed by atoms with Crippen molar-refractivity contribution in [3.8, 4) is 0 Å². The molecule has 4 nitrogen and oxygen atoms in total. The highest BCUT2D eigenvalue weighted by Gasteiger charge is 2.15. The molecule has 1 heterocycles. The summed E-state index contributed by atoms with van der Waals surface area (Å²) in [5.41, 5.74) is 1.89. The van der Waals surface area contributed by atoms with E-state index in [1.807, 2.05) is 27.7 Å². The van der Waals surface area contributed by atoms with Gasteiger partial charge >= 0.3 is 0 Å². The van der Waals surface area contributed by atoms with Crippen LogP contribution in [0, 0.1) is 19.8 Å². The van der Waals surface area contributed by atoms with Gasteiger partial charge in [0.25, 0.3) is 0 Å². The van der Waals surface area contributed by atoms with Gasteiger partial charge < -0.3 is 10.4 Å². The van der Waals surface area contributed by atoms with E-state index in [9.17, 15) is 5.11 Å². The van der Waals surface area contributed by atoms with Gasteiger partial charge in [-0.1, -0.05) is 25.4 Å². The number of aliphatic hydroxyl groups is 1. The van der Waals surface area contributed by atoms with Crippen LogP contribution in [-0.2, 0) is 0 Å². The molecule has 0 aliphatic carbocycles. The first-order chi connectivity index (χ1) is 7.47. The van der Waals surface area contributed by atoms with Crippen LogP contribution in [0.4, 0.5) is 5.82 Å². The van der Waals surface area contributed by atoms with Crippen molar-refractivity contribution in [2.24, 2.45) is 5.92 Å². The Morgan fingerprint density at radius 1 is 1.25 bits per heavy atom. The quantitative estimate of drug-likeness (QED) is 0.851. The van der Waals surface area contributed by atoms with Gasteiger partial charge in [0.15, 0.2) is 11.0 Å². The zero-order valence-corrected chi connectivity index (χ0v) is 10.8. The molecular weight excluding hydrogens is 226 g/mol. The largest absolute Gasteiger partial charge is 0.394 e. The predicted octanol–water partition coefficient (Wildman–Crippen LogP) is 2.18. The van der Waals surface area contributed by atoms with E-state index >= 15 is 0 Å². The SMILES string of the molecule is Cc1c(Cl)nnc(N[C@H](CO)C(C)C)c1C. The van der Waals surface area contributed by atoms with Crippen LogP contribution < -0.4 is 5.32 Å². The van der Waals surface area contributed by atoms with E-state index < -0.39 is 0 Å². The normalized spacial score (nSPS) is 12.9. The molecule has 16 heavy (non-hydrogen) atoms. The smallest absolute Gasteiger partial charge is 0.155 e. The van der Waals surface area contributed by atoms with Crippen molar-refractivity contribution >= 4 is 17.4 Å². The number of hydrogen-bond donors (Lipinski definition) is 2. The molecule has 0 bridgehead atoms. The lowest BCUT2D eigenvalue weighted by Crippen LogP contribution is -2.30. The molecule has 0 amide bonds. The van der Waals surface area contributed by atoms with Crippen LogP contribution in [0.25, 0.3) is 0 Å². The van der Waals surface area contributed by atoms with E-state index in [4.69, 9.17) is 11.6 Å². The highest BCUT2D eigenvalue weighted by atomic mass is 35.5. The Morgan fingerprint density at radius 3 is 2.38 bits per heavy atom. The van der Waals surface area contributed by atoms with Crippen molar-refractivity contribution in [3.63, 3.8) is 0 Å². The molecule has 1 aromatic rings. The highest BCUT2D eigenvalue weighted by Crippen LogP contribution is 2.21. The summed E-state index contributed by atoms with van der Waals surface area (Å²) in [6.07, 6.45) is 0. The maximum absolute atomic E-state index is 9.24. The van der Waals surface area contributed by atoms with E-state index in [1.54, 1.807) is 0 Å². The van der Waals surface area contributed by atoms with E-state index in [0.29, 0.717) is 16.9 Å². The Balaban J connectivity index is 2.93. The van der Waals surface area contributed by atoms with Crippen molar-refractivity contribution in [2.75, 3.05) is 11.9 Å². The molecule has 2 N–H and O–H groups in total. The zero-order chi connectivity index (χ0) is 12.3. The zero-order valence-electron chi connectivity index (χ0n) is 10.1. The van der Waals surface area contributed by atoms with Gasteiger partial charge in [-0.3, -0.25) is 0 Å². The number of aromatic nitrogens is 2. The topological polar surface area (TPSA) is 58.0 Å². The maximum atomic E-state index is 9.24. The molecular formula is C11H18ClN3O. The lowest BCUT2D eigenvalue weighted by molar-refractivity contribution is 0.249. The van der Waals surface area contributed by atoms with Crippen LogP contribution in [0.2, 0.25) is 5.15 Å². The Labute approximate surface area is 101 Å². The molecule has 0 unspecified atom stereocenters. The van der Waals surface area contributed by atoms with Crippen molar-refractivity contribution in [1.82, 2.24) is 10.2 Å². The summed E-state index contributed by atoms with van der Waals surface area (Å²) in [5, 5.41) is 20.7. The third-order valence-electron chi connectivity index (χ3n) is 2.79. The summed E-state index contributed by atoms with van der Waals surface area (Å²) in [6.45, 7) is 7.99. The Bertz CT molecular complexity index is 368. The summed E-state index contributed by atoms with van der Waals surface area (Å²) < 4.78 is 0. The van der Waals surface area contributed by atoms with Gasteiger partial charge in [0.05, 0.1) is 12.6 Å². The fourth-order valence-electron chi connectivity index (χ4n) is 1.31. The van der Waals surface area contributed by atoms with Gasteiger partial charge in [-0.2, -0.15) is 0 Å². The number of nitrogens with zero attached hydrogens (tertiary/aromatic N) is 2. The van der Waals surface area contributed by atoms with Crippen LogP contribution >= 0.6 is 11.6 Å². The third kappa shape index (κ3) is 2.83. The number of anilines is 1. The van der Waals surface area contributed by atoms with Gasteiger partial charge in [-0.15, -0.1) is 10.2 Å². The van der Waals surface area contributed by atoms with Crippen molar-refractivity contribution < 1.29 is 5.11 Å². The summed E-state index contributed by atoms with van der Waals surface area (Å²) in [5.74, 6) is 1.01. The molecule has 1 rings (SSSR count). The highest BCUT2D eigenvalue weighted by molar-refractivity contribution is 6.30. The number of rotatable bonds is 4. The minimum atomic E-state index is -0.0198. The van der Waals surface area contributed by atoms with Crippen LogP contribution in [-0.4, -0.2) is 28.0 Å². The average molecular weight is 244 g/mol. The first-order valence-electron chi connectivity index (χ1n) is 5.34. The third-order valence-corrected chi connectivity index (χ3v) is 3.15. The second-order valence-corrected chi connectivity index (χ2v) is 4.62. The van der Waals surface area contributed by atoms with E-state index in [0.717, 1.165) is 11.1 Å². The summed E-state index contributed by atoms with van der Waals surface area (Å²) >= 11 is 5.87. The van der Waals surface area contributed by atoms with Crippen molar-refractivity contribution in [2.45, 2.75) is 33.7 Å². The fourth-order valence-corrected chi connectivity index (χ4v) is 1.49. The van der Waals surface area contributed by atoms with Crippen molar-refractivity contribution in [3.05, 3.63) is 16.3 Å². The molecule has 5 heteroatoms. The number of nitrogens with one attached hydrogen (secondary N) is 1. The van der Waals surface area contributed by atoms with Gasteiger partial charge in [0, 0.05) is 0 Å². The van der Waals surface area contributed by atoms with Crippen LogP contribution in [0.5, 0.6) is 0 Å². The molecule has 1 aromatic heterocycles. The minimum absolute atomic E-state index is 0.0198. The van der Waals surface area contributed by atoms with E-state index in [-0.39, 0.29) is 12.6 Å². The summed E-state index contributed by atoms with van der Waals surface area (Å²) in [6, 6.07) is -0.0198. The molecule has 90 valence electrons. The number of halogens is 1. The van der Waals surface area contributed by atoms with Gasteiger partial charge in [-0.05, 0) is 30.9 Å². The van der Waals surface area contributed by atoms with Crippen LogP contribution in [0.3, 0.4) is 0 Å². The fraction of sp³-hybridized carbons (Fsp3) is 0.636. The second kappa shape index (κ2) is 5.46. The molecule has 1 atom stereocenters. The summed E-state index contributed by atoms with van der Waals surface area (Å²) in [4.78, 5) is 0. The molecule has 0 aliphatic heterocycles. The average Bonchev–Trinajstić information content (AvgIpc) is 2.25. The second-order valence-electron chi connectivity index (χ2n) is 4.27. The maximum Gasteiger partial charge on any atom is 0.155 e. The van der Waals surface area contributed by atoms with Crippen molar-refractivity contribution in [1.29, 1.82) is 0 Å². The lowest BCUT2D eigenvalue weighted by atomic mass is 10.1. The summed E-state index contributed by atoms with van der Waals surface area (Å²) in [7, 11) is 0. The standard InChI is InChI=1S/C11H18ClN3O/c1-6(2)9(5-16)13-11-8(4)7(3)10(12)14-15-11/h6,9,16H,5H2,1-4H3,(H,13,15)/t9-/m1/s1. The number of hydrogen-bond acceptors (Lipinski definition) is 4. The minimum Gasteiger partial charge on any atom is -0.394 e. The molecule has 0 aromatic carbocycles. The van der Waals surface area contributed by atoms with E-state index in [2.05, 4.69) is 15.5 Å². The molecule has 0 saturated heterocycles.